The SMILES string of the molecule is N[C@@H]([C@H](c1ccccc1)c1c[nH]c2ccccc12)[C@@H](O)C1CCCCC1. The summed E-state index contributed by atoms with van der Waals surface area (Å²) in [4.78, 5) is 3.37. The van der Waals surface area contributed by atoms with Gasteiger partial charge in [0.25, 0.3) is 0 Å². The van der Waals surface area contributed by atoms with Crippen LogP contribution in [0, 0.1) is 5.92 Å². The zero-order valence-electron chi connectivity index (χ0n) is 15.1. The molecule has 1 heterocycles. The molecule has 1 fully saturated rings. The molecule has 2 aromatic carbocycles. The Morgan fingerprint density at radius 1 is 0.923 bits per heavy atom. The monoisotopic (exact) mass is 348 g/mol. The first-order valence-corrected chi connectivity index (χ1v) is 9.80. The van der Waals surface area contributed by atoms with E-state index in [1.165, 1.54) is 35.8 Å². The number of nitrogens with one attached hydrogen (secondary N) is 1. The predicted octanol–water partition coefficient (Wildman–Crippen LogP) is 4.57. The Morgan fingerprint density at radius 3 is 2.38 bits per heavy atom. The van der Waals surface area contributed by atoms with Crippen LogP contribution in [-0.2, 0) is 0 Å². The van der Waals surface area contributed by atoms with E-state index in [1.54, 1.807) is 0 Å². The van der Waals surface area contributed by atoms with Crippen molar-refractivity contribution in [2.45, 2.75) is 50.2 Å². The molecule has 3 heteroatoms. The molecule has 136 valence electrons. The first-order chi connectivity index (χ1) is 12.8. The van der Waals surface area contributed by atoms with Crippen molar-refractivity contribution >= 4 is 10.9 Å². The molecule has 3 aromatic rings. The summed E-state index contributed by atoms with van der Waals surface area (Å²) in [6.07, 6.45) is 7.46. The van der Waals surface area contributed by atoms with Gasteiger partial charge in [0.15, 0.2) is 0 Å². The average Bonchev–Trinajstić information content (AvgIpc) is 3.13. The number of fused-ring (bicyclic) bond motifs is 1. The van der Waals surface area contributed by atoms with Crippen LogP contribution >= 0.6 is 0 Å². The fourth-order valence-electron chi connectivity index (χ4n) is 4.61. The number of rotatable bonds is 5. The summed E-state index contributed by atoms with van der Waals surface area (Å²) in [5.74, 6) is 0.291. The van der Waals surface area contributed by atoms with Gasteiger partial charge in [-0.05, 0) is 36.0 Å². The second kappa shape index (κ2) is 7.65. The molecule has 0 spiro atoms. The minimum atomic E-state index is -0.478. The zero-order chi connectivity index (χ0) is 17.9. The Bertz CT molecular complexity index is 836. The first-order valence-electron chi connectivity index (χ1n) is 9.80. The van der Waals surface area contributed by atoms with E-state index in [4.69, 9.17) is 5.73 Å². The summed E-state index contributed by atoms with van der Waals surface area (Å²) < 4.78 is 0. The van der Waals surface area contributed by atoms with Gasteiger partial charge >= 0.3 is 0 Å². The second-order valence-corrected chi connectivity index (χ2v) is 7.64. The largest absolute Gasteiger partial charge is 0.391 e. The van der Waals surface area contributed by atoms with Crippen molar-refractivity contribution in [2.75, 3.05) is 0 Å². The van der Waals surface area contributed by atoms with Crippen molar-refractivity contribution in [3.63, 3.8) is 0 Å². The number of nitrogens with two attached hydrogens (primary N) is 1. The van der Waals surface area contributed by atoms with Gasteiger partial charge in [-0.1, -0.05) is 67.8 Å². The van der Waals surface area contributed by atoms with Crippen molar-refractivity contribution in [3.05, 3.63) is 71.9 Å². The third-order valence-electron chi connectivity index (χ3n) is 6.03. The maximum absolute atomic E-state index is 11.1. The van der Waals surface area contributed by atoms with Crippen LogP contribution in [-0.4, -0.2) is 22.2 Å². The Labute approximate surface area is 155 Å². The van der Waals surface area contributed by atoms with E-state index in [9.17, 15) is 5.11 Å². The number of aliphatic hydroxyl groups excluding tert-OH is 1. The van der Waals surface area contributed by atoms with Crippen molar-refractivity contribution in [3.8, 4) is 0 Å². The van der Waals surface area contributed by atoms with Gasteiger partial charge in [-0.3, -0.25) is 0 Å². The number of para-hydroxylation sites is 1. The average molecular weight is 348 g/mol. The van der Waals surface area contributed by atoms with Gasteiger partial charge < -0.3 is 15.8 Å². The molecule has 4 rings (SSSR count). The number of hydrogen-bond acceptors (Lipinski definition) is 2. The Kier molecular flexibility index (Phi) is 5.09. The highest BCUT2D eigenvalue weighted by molar-refractivity contribution is 5.84. The second-order valence-electron chi connectivity index (χ2n) is 7.64. The molecule has 0 unspecified atom stereocenters. The van der Waals surface area contributed by atoms with Gasteiger partial charge in [0, 0.05) is 29.1 Å². The summed E-state index contributed by atoms with van der Waals surface area (Å²) >= 11 is 0. The molecule has 3 nitrogen and oxygen atoms in total. The lowest BCUT2D eigenvalue weighted by molar-refractivity contribution is 0.0574. The van der Waals surface area contributed by atoms with Crippen LogP contribution in [0.3, 0.4) is 0 Å². The number of benzene rings is 2. The number of aromatic nitrogens is 1. The molecule has 1 saturated carbocycles. The molecule has 26 heavy (non-hydrogen) atoms. The molecule has 0 aliphatic heterocycles. The van der Waals surface area contributed by atoms with Gasteiger partial charge in [-0.15, -0.1) is 0 Å². The van der Waals surface area contributed by atoms with E-state index in [0.717, 1.165) is 18.4 Å². The van der Waals surface area contributed by atoms with E-state index in [0.29, 0.717) is 5.92 Å². The molecule has 1 aromatic heterocycles. The van der Waals surface area contributed by atoms with Crippen LogP contribution < -0.4 is 5.73 Å². The van der Waals surface area contributed by atoms with E-state index in [2.05, 4.69) is 53.6 Å². The third-order valence-corrected chi connectivity index (χ3v) is 6.03. The molecular formula is C23H28N2O. The van der Waals surface area contributed by atoms with Crippen molar-refractivity contribution in [2.24, 2.45) is 11.7 Å². The lowest BCUT2D eigenvalue weighted by Gasteiger charge is -2.35. The standard InChI is InChI=1S/C23H28N2O/c24-22(23(26)17-11-5-2-6-12-17)21(16-9-3-1-4-10-16)19-15-25-20-14-8-7-13-18(19)20/h1,3-4,7-10,13-15,17,21-23,25-26H,2,5-6,11-12,24H2/t21-,22+,23+/m1/s1. The molecule has 0 amide bonds. The van der Waals surface area contributed by atoms with E-state index in [1.807, 2.05) is 12.1 Å². The van der Waals surface area contributed by atoms with Crippen molar-refractivity contribution in [1.29, 1.82) is 0 Å². The summed E-state index contributed by atoms with van der Waals surface area (Å²) in [6.45, 7) is 0. The summed E-state index contributed by atoms with van der Waals surface area (Å²) in [5, 5.41) is 12.3. The molecule has 1 aliphatic carbocycles. The first kappa shape index (κ1) is 17.3. The Morgan fingerprint density at radius 2 is 1.62 bits per heavy atom. The van der Waals surface area contributed by atoms with Crippen LogP contribution in [0.25, 0.3) is 10.9 Å². The van der Waals surface area contributed by atoms with Gasteiger partial charge in [0.2, 0.25) is 0 Å². The van der Waals surface area contributed by atoms with Crippen LogP contribution in [0.1, 0.15) is 49.1 Å². The molecular weight excluding hydrogens is 320 g/mol. The van der Waals surface area contributed by atoms with Gasteiger partial charge in [-0.25, -0.2) is 0 Å². The van der Waals surface area contributed by atoms with Crippen molar-refractivity contribution in [1.82, 2.24) is 4.98 Å². The lowest BCUT2D eigenvalue weighted by Crippen LogP contribution is -2.45. The molecule has 4 N–H and O–H groups in total. The molecule has 3 atom stereocenters. The third kappa shape index (κ3) is 3.29. The summed E-state index contributed by atoms with van der Waals surface area (Å²) in [6, 6.07) is 18.4. The summed E-state index contributed by atoms with van der Waals surface area (Å²) in [5.41, 5.74) is 10.2. The highest BCUT2D eigenvalue weighted by Crippen LogP contribution is 2.37. The highest BCUT2D eigenvalue weighted by Gasteiger charge is 2.34. The van der Waals surface area contributed by atoms with Crippen molar-refractivity contribution < 1.29 is 5.11 Å². The zero-order valence-corrected chi connectivity index (χ0v) is 15.1. The van der Waals surface area contributed by atoms with E-state index in [-0.39, 0.29) is 12.0 Å². The maximum Gasteiger partial charge on any atom is 0.0728 e. The topological polar surface area (TPSA) is 62.0 Å². The molecule has 1 aliphatic rings. The highest BCUT2D eigenvalue weighted by atomic mass is 16.3. The minimum absolute atomic E-state index is 0.0238. The fourth-order valence-corrected chi connectivity index (χ4v) is 4.61. The number of hydrogen-bond donors (Lipinski definition) is 3. The van der Waals surface area contributed by atoms with Crippen LogP contribution in [0.15, 0.2) is 60.8 Å². The number of H-pyrrole nitrogens is 1. The number of aromatic amines is 1. The molecule has 0 bridgehead atoms. The fraction of sp³-hybridized carbons (Fsp3) is 0.391. The predicted molar refractivity (Wildman–Crippen MR) is 107 cm³/mol. The van der Waals surface area contributed by atoms with Gasteiger partial charge in [0.05, 0.1) is 6.10 Å². The Hall–Kier alpha value is -2.10. The smallest absolute Gasteiger partial charge is 0.0728 e. The quantitative estimate of drug-likeness (QED) is 0.632. The van der Waals surface area contributed by atoms with Crippen LogP contribution in [0.5, 0.6) is 0 Å². The van der Waals surface area contributed by atoms with E-state index < -0.39 is 6.10 Å². The van der Waals surface area contributed by atoms with Crippen LogP contribution in [0.2, 0.25) is 0 Å². The molecule has 0 saturated heterocycles. The Balaban J connectivity index is 1.73. The van der Waals surface area contributed by atoms with Gasteiger partial charge in [0.1, 0.15) is 0 Å². The lowest BCUT2D eigenvalue weighted by atomic mass is 9.76. The van der Waals surface area contributed by atoms with E-state index >= 15 is 0 Å². The number of aliphatic hydroxyl groups is 1. The summed E-state index contributed by atoms with van der Waals surface area (Å²) in [7, 11) is 0. The molecule has 0 radical (unpaired) electrons. The maximum atomic E-state index is 11.1. The normalized spacial score (nSPS) is 19.3. The minimum Gasteiger partial charge on any atom is -0.391 e. The van der Waals surface area contributed by atoms with Gasteiger partial charge in [-0.2, -0.15) is 0 Å². The van der Waals surface area contributed by atoms with Crippen LogP contribution in [0.4, 0.5) is 0 Å².